The van der Waals surface area contributed by atoms with Gasteiger partial charge in [0.1, 0.15) is 19.6 Å². The van der Waals surface area contributed by atoms with Crippen molar-refractivity contribution in [1.29, 1.82) is 0 Å². The highest BCUT2D eigenvalue weighted by molar-refractivity contribution is 7.90. The Morgan fingerprint density at radius 3 is 2.13 bits per heavy atom. The maximum Gasteiger partial charge on any atom is 0.289 e. The molecule has 0 aliphatic carbocycles. The van der Waals surface area contributed by atoms with Crippen molar-refractivity contribution in [2.45, 2.75) is 42.6 Å². The van der Waals surface area contributed by atoms with Gasteiger partial charge < -0.3 is 14.7 Å². The summed E-state index contributed by atoms with van der Waals surface area (Å²) in [7, 11) is -6.61. The lowest BCUT2D eigenvalue weighted by Crippen LogP contribution is -2.45. The Morgan fingerprint density at radius 1 is 0.978 bits per heavy atom. The van der Waals surface area contributed by atoms with Gasteiger partial charge in [0.05, 0.1) is 21.9 Å². The number of nitrogens with zero attached hydrogens (tertiary/aromatic N) is 5. The summed E-state index contributed by atoms with van der Waals surface area (Å²) < 4.78 is 59.8. The molecule has 2 amide bonds. The molecule has 1 aromatic heterocycles. The normalized spacial score (nSPS) is 15.9. The van der Waals surface area contributed by atoms with E-state index in [0.29, 0.717) is 5.69 Å². The summed E-state index contributed by atoms with van der Waals surface area (Å²) in [6.45, 7) is 3.53. The average Bonchev–Trinajstić information content (AvgIpc) is 3.44. The highest BCUT2D eigenvalue weighted by atomic mass is 32.2. The Labute approximate surface area is 270 Å². The van der Waals surface area contributed by atoms with E-state index in [9.17, 15) is 26.4 Å². The van der Waals surface area contributed by atoms with Crippen LogP contribution in [0.1, 0.15) is 23.2 Å². The molecular weight excluding hydrogens is 655 g/mol. The van der Waals surface area contributed by atoms with E-state index >= 15 is 0 Å². The zero-order chi connectivity index (χ0) is 33.4. The molecular formula is C29H29N7O7S3. The molecule has 3 N–H and O–H groups in total. The average molecular weight is 684 g/mol. The molecule has 1 unspecified atom stereocenters. The van der Waals surface area contributed by atoms with E-state index in [1.165, 1.54) is 57.9 Å². The summed E-state index contributed by atoms with van der Waals surface area (Å²) in [5, 5.41) is 11.7. The van der Waals surface area contributed by atoms with Crippen LogP contribution < -0.4 is 30.9 Å². The lowest BCUT2D eigenvalue weighted by Gasteiger charge is -2.22. The molecule has 240 valence electrons. The van der Waals surface area contributed by atoms with Gasteiger partial charge in [-0.3, -0.25) is 19.8 Å². The Balaban J connectivity index is 1.48. The minimum absolute atomic E-state index is 0.0489. The minimum atomic E-state index is -4.19. The third-order valence-electron chi connectivity index (χ3n) is 7.19. The van der Waals surface area contributed by atoms with Crippen molar-refractivity contribution in [3.63, 3.8) is 0 Å². The molecule has 5 rings (SSSR count). The highest BCUT2D eigenvalue weighted by Crippen LogP contribution is 2.29. The summed E-state index contributed by atoms with van der Waals surface area (Å²) in [5.41, 5.74) is 2.45. The van der Waals surface area contributed by atoms with Gasteiger partial charge in [0, 0.05) is 5.69 Å². The van der Waals surface area contributed by atoms with Gasteiger partial charge in [-0.05, 0) is 74.6 Å². The van der Waals surface area contributed by atoms with E-state index in [4.69, 9.17) is 21.9 Å². The van der Waals surface area contributed by atoms with E-state index in [-0.39, 0.29) is 44.8 Å². The van der Waals surface area contributed by atoms with Crippen molar-refractivity contribution in [1.82, 2.24) is 10.2 Å². The number of nitrogens with one attached hydrogen (secondary N) is 1. The van der Waals surface area contributed by atoms with Crippen molar-refractivity contribution < 1.29 is 35.6 Å². The Kier molecular flexibility index (Phi) is 8.94. The van der Waals surface area contributed by atoms with Crippen molar-refractivity contribution in [2.24, 2.45) is 16.6 Å². The Hall–Kier alpha value is -4.71. The number of carbonyl (C=O) groups excluding carboxylic acids is 2. The fraction of sp³-hybridized carbons (Fsp3) is 0.207. The van der Waals surface area contributed by atoms with Gasteiger partial charge in [-0.15, -0.1) is 4.40 Å². The predicted molar refractivity (Wildman–Crippen MR) is 169 cm³/mol. The molecule has 46 heavy (non-hydrogen) atoms. The topological polar surface area (TPSA) is 190 Å². The number of thiocarbonyl (C=S) groups is 1. The van der Waals surface area contributed by atoms with Crippen LogP contribution in [0.4, 0.5) is 11.4 Å². The lowest BCUT2D eigenvalue weighted by molar-refractivity contribution is -0.752. The minimum Gasteiger partial charge on any atom is -0.486 e. The number of nitrogens with two attached hydrogens (primary N) is 1. The number of aryl methyl sites for hydroxylation is 3. The van der Waals surface area contributed by atoms with Crippen molar-refractivity contribution in [3.8, 4) is 0 Å². The largest absolute Gasteiger partial charge is 0.486 e. The van der Waals surface area contributed by atoms with Crippen LogP contribution in [0, 0.1) is 13.8 Å². The third kappa shape index (κ3) is 6.91. The SMILES string of the molecule is Cc1ccc(N2C(=O)C(CC(=O)Nc3ccc(S(N)(=O)=O)cc3)N(Cc3/c(=N/S(=O)(=O)c4ccc(C)cc4)o[n-][n+]3C)C2=S)cc1. The third-order valence-corrected chi connectivity index (χ3v) is 9.81. The smallest absolute Gasteiger partial charge is 0.289 e. The number of aromatic nitrogens is 2. The summed E-state index contributed by atoms with van der Waals surface area (Å²) in [5.74, 6) is -1.06. The zero-order valence-corrected chi connectivity index (χ0v) is 27.3. The Bertz CT molecular complexity index is 2110. The van der Waals surface area contributed by atoms with Crippen LogP contribution in [0.15, 0.2) is 91.5 Å². The first-order valence-electron chi connectivity index (χ1n) is 13.7. The second-order valence-electron chi connectivity index (χ2n) is 10.6. The van der Waals surface area contributed by atoms with Crippen molar-refractivity contribution in [2.75, 3.05) is 10.2 Å². The molecule has 1 atom stereocenters. The lowest BCUT2D eigenvalue weighted by atomic mass is 10.1. The van der Waals surface area contributed by atoms with Crippen LogP contribution in [-0.2, 0) is 43.2 Å². The molecule has 17 heteroatoms. The van der Waals surface area contributed by atoms with Crippen LogP contribution in [0.3, 0.4) is 0 Å². The summed E-state index contributed by atoms with van der Waals surface area (Å²) in [6, 6.07) is 17.3. The van der Waals surface area contributed by atoms with Gasteiger partial charge in [-0.1, -0.05) is 35.4 Å². The molecule has 3 aromatic carbocycles. The van der Waals surface area contributed by atoms with Crippen LogP contribution in [0.2, 0.25) is 0 Å². The van der Waals surface area contributed by atoms with E-state index in [1.54, 1.807) is 24.3 Å². The van der Waals surface area contributed by atoms with Crippen LogP contribution in [0.25, 0.3) is 0 Å². The molecule has 0 spiro atoms. The predicted octanol–water partition coefficient (Wildman–Crippen LogP) is 1.15. The number of hydrogen-bond acceptors (Lipinski definition) is 8. The number of rotatable bonds is 9. The quantitative estimate of drug-likeness (QED) is 0.191. The molecule has 1 saturated heterocycles. The molecule has 1 aliphatic heterocycles. The van der Waals surface area contributed by atoms with Crippen molar-refractivity contribution in [3.05, 3.63) is 95.2 Å². The molecule has 0 saturated carbocycles. The van der Waals surface area contributed by atoms with Gasteiger partial charge in [0.25, 0.3) is 27.2 Å². The number of amides is 2. The van der Waals surface area contributed by atoms with Gasteiger partial charge in [-0.25, -0.2) is 18.2 Å². The monoisotopic (exact) mass is 683 g/mol. The summed E-state index contributed by atoms with van der Waals surface area (Å²) >= 11 is 5.74. The fourth-order valence-electron chi connectivity index (χ4n) is 4.67. The van der Waals surface area contributed by atoms with E-state index in [2.05, 4.69) is 15.0 Å². The molecule has 0 bridgehead atoms. The number of hydrogen-bond donors (Lipinski definition) is 2. The zero-order valence-electron chi connectivity index (χ0n) is 24.8. The van der Waals surface area contributed by atoms with Gasteiger partial charge in [-0.2, -0.15) is 8.42 Å². The van der Waals surface area contributed by atoms with Crippen LogP contribution in [-0.4, -0.2) is 44.7 Å². The first-order valence-corrected chi connectivity index (χ1v) is 17.1. The van der Waals surface area contributed by atoms with Crippen LogP contribution >= 0.6 is 12.2 Å². The Morgan fingerprint density at radius 2 is 1.54 bits per heavy atom. The van der Waals surface area contributed by atoms with E-state index < -0.39 is 37.9 Å². The maximum absolute atomic E-state index is 13.9. The molecule has 0 radical (unpaired) electrons. The second kappa shape index (κ2) is 12.6. The molecule has 1 fully saturated rings. The van der Waals surface area contributed by atoms with E-state index in [1.807, 2.05) is 26.0 Å². The summed E-state index contributed by atoms with van der Waals surface area (Å²) in [4.78, 5) is 29.7. The maximum atomic E-state index is 13.9. The highest BCUT2D eigenvalue weighted by Gasteiger charge is 2.45. The first-order chi connectivity index (χ1) is 21.6. The summed E-state index contributed by atoms with van der Waals surface area (Å²) in [6.07, 6.45) is -0.360. The van der Waals surface area contributed by atoms with Gasteiger partial charge >= 0.3 is 0 Å². The molecule has 14 nitrogen and oxygen atoms in total. The number of benzene rings is 3. The van der Waals surface area contributed by atoms with Gasteiger partial charge in [0.15, 0.2) is 5.11 Å². The second-order valence-corrected chi connectivity index (χ2v) is 14.1. The van der Waals surface area contributed by atoms with Crippen molar-refractivity contribution >= 4 is 60.6 Å². The molecule has 4 aromatic rings. The van der Waals surface area contributed by atoms with E-state index in [0.717, 1.165) is 11.1 Å². The number of carbonyl (C=O) groups is 2. The fourth-order valence-corrected chi connectivity index (χ4v) is 6.52. The number of sulfonamides is 2. The first kappa shape index (κ1) is 32.7. The standard InChI is InChI=1S/C29H29N7O7S3/c1-18-4-10-21(11-5-18)36-28(38)24(16-26(37)31-20-8-14-22(15-9-20)45(30,39)40)35(29(36)44)17-25-27(43-33-34(25)3)32-46(41,42)23-12-6-19(2)7-13-23/h4-15,24H,16-17H2,1-3H3,(H,31,37)(H2,30,39,40)/b32-27-. The molecule has 2 heterocycles. The van der Waals surface area contributed by atoms with Crippen LogP contribution in [0.5, 0.6) is 0 Å². The van der Waals surface area contributed by atoms with Gasteiger partial charge in [0.2, 0.25) is 15.9 Å². The number of anilines is 2. The molecule has 1 aliphatic rings. The number of primary sulfonamides is 1.